The van der Waals surface area contributed by atoms with E-state index >= 15 is 0 Å². The zero-order valence-corrected chi connectivity index (χ0v) is 7.97. The van der Waals surface area contributed by atoms with Crippen molar-refractivity contribution in [2.24, 2.45) is 7.05 Å². The Hall–Kier alpha value is -0.940. The normalized spacial score (nSPS) is 13.2. The van der Waals surface area contributed by atoms with E-state index in [1.807, 2.05) is 7.05 Å². The summed E-state index contributed by atoms with van der Waals surface area (Å²) in [6.07, 6.45) is 2.24. The minimum Gasteiger partial charge on any atom is -0.393 e. The number of hydrogen-bond donors (Lipinski definition) is 1. The molecule has 74 valence electrons. The third kappa shape index (κ3) is 3.12. The fraction of sp³-hybridized carbons (Fsp3) is 0.750. The van der Waals surface area contributed by atoms with Gasteiger partial charge in [0.15, 0.2) is 0 Å². The summed E-state index contributed by atoms with van der Waals surface area (Å²) in [4.78, 5) is 4.01. The number of aryl methyl sites for hydroxylation is 1. The molecule has 1 aromatic rings. The highest BCUT2D eigenvalue weighted by molar-refractivity contribution is 4.86. The minimum atomic E-state index is -0.400. The molecule has 0 saturated carbocycles. The standard InChI is InChI=1S/C8H15N3O2/c1-11-8(9-6-10-11)5-7(12)3-4-13-2/h6-7,12H,3-5H2,1-2H3. The van der Waals surface area contributed by atoms with E-state index in [2.05, 4.69) is 10.1 Å². The molecule has 13 heavy (non-hydrogen) atoms. The number of nitrogens with zero attached hydrogens (tertiary/aromatic N) is 3. The van der Waals surface area contributed by atoms with Gasteiger partial charge in [0.1, 0.15) is 12.2 Å². The van der Waals surface area contributed by atoms with Gasteiger partial charge in [-0.05, 0) is 6.42 Å². The monoisotopic (exact) mass is 185 g/mol. The van der Waals surface area contributed by atoms with Crippen molar-refractivity contribution >= 4 is 0 Å². The molecule has 5 heteroatoms. The van der Waals surface area contributed by atoms with E-state index in [4.69, 9.17) is 4.74 Å². The third-order valence-corrected chi connectivity index (χ3v) is 1.88. The SMILES string of the molecule is COCCC(O)Cc1ncnn1C. The number of ether oxygens (including phenoxy) is 1. The molecule has 1 N–H and O–H groups in total. The lowest BCUT2D eigenvalue weighted by molar-refractivity contribution is 0.108. The second-order valence-electron chi connectivity index (χ2n) is 2.94. The van der Waals surface area contributed by atoms with E-state index in [0.29, 0.717) is 19.4 Å². The Morgan fingerprint density at radius 1 is 1.69 bits per heavy atom. The van der Waals surface area contributed by atoms with Gasteiger partial charge in [-0.15, -0.1) is 0 Å². The van der Waals surface area contributed by atoms with Crippen LogP contribution in [0.3, 0.4) is 0 Å². The van der Waals surface area contributed by atoms with Crippen LogP contribution in [0.4, 0.5) is 0 Å². The van der Waals surface area contributed by atoms with Gasteiger partial charge in [-0.25, -0.2) is 4.98 Å². The topological polar surface area (TPSA) is 60.2 Å². The van der Waals surface area contributed by atoms with E-state index in [1.54, 1.807) is 11.8 Å². The van der Waals surface area contributed by atoms with Crippen LogP contribution in [0.15, 0.2) is 6.33 Å². The van der Waals surface area contributed by atoms with Crippen molar-refractivity contribution in [2.75, 3.05) is 13.7 Å². The molecule has 0 aromatic carbocycles. The van der Waals surface area contributed by atoms with E-state index in [1.165, 1.54) is 6.33 Å². The second kappa shape index (κ2) is 4.94. The average molecular weight is 185 g/mol. The summed E-state index contributed by atoms with van der Waals surface area (Å²) in [6.45, 7) is 0.568. The van der Waals surface area contributed by atoms with Crippen molar-refractivity contribution in [1.82, 2.24) is 14.8 Å². The van der Waals surface area contributed by atoms with Gasteiger partial charge < -0.3 is 9.84 Å². The Morgan fingerprint density at radius 3 is 3.00 bits per heavy atom. The Balaban J connectivity index is 2.36. The van der Waals surface area contributed by atoms with Crippen LogP contribution in [0, 0.1) is 0 Å². The maximum Gasteiger partial charge on any atom is 0.138 e. The Bertz CT molecular complexity index is 249. The molecule has 0 aliphatic carbocycles. The van der Waals surface area contributed by atoms with Crippen molar-refractivity contribution < 1.29 is 9.84 Å². The minimum absolute atomic E-state index is 0.400. The molecule has 1 atom stereocenters. The highest BCUT2D eigenvalue weighted by atomic mass is 16.5. The van der Waals surface area contributed by atoms with Crippen LogP contribution in [0.1, 0.15) is 12.2 Å². The van der Waals surface area contributed by atoms with Gasteiger partial charge in [0.05, 0.1) is 6.10 Å². The fourth-order valence-electron chi connectivity index (χ4n) is 1.07. The molecule has 0 fully saturated rings. The quantitative estimate of drug-likeness (QED) is 0.687. The molecular weight excluding hydrogens is 170 g/mol. The molecule has 0 spiro atoms. The van der Waals surface area contributed by atoms with Gasteiger partial charge in [0.2, 0.25) is 0 Å². The van der Waals surface area contributed by atoms with Crippen molar-refractivity contribution in [2.45, 2.75) is 18.9 Å². The predicted molar refractivity (Wildman–Crippen MR) is 47.2 cm³/mol. The molecule has 1 heterocycles. The molecule has 0 bridgehead atoms. The Labute approximate surface area is 77.4 Å². The second-order valence-corrected chi connectivity index (χ2v) is 2.94. The largest absolute Gasteiger partial charge is 0.393 e. The van der Waals surface area contributed by atoms with Gasteiger partial charge in [0, 0.05) is 27.2 Å². The molecule has 1 unspecified atom stereocenters. The van der Waals surface area contributed by atoms with Gasteiger partial charge in [-0.2, -0.15) is 5.10 Å². The zero-order valence-electron chi connectivity index (χ0n) is 7.97. The van der Waals surface area contributed by atoms with Crippen molar-refractivity contribution in [3.63, 3.8) is 0 Å². The highest BCUT2D eigenvalue weighted by Gasteiger charge is 2.08. The first-order valence-electron chi connectivity index (χ1n) is 4.24. The molecule has 1 aromatic heterocycles. The summed E-state index contributed by atoms with van der Waals surface area (Å²) < 4.78 is 6.52. The summed E-state index contributed by atoms with van der Waals surface area (Å²) in [5.74, 6) is 0.795. The number of aromatic nitrogens is 3. The van der Waals surface area contributed by atoms with Crippen LogP contribution in [0.2, 0.25) is 0 Å². The van der Waals surface area contributed by atoms with Gasteiger partial charge >= 0.3 is 0 Å². The molecule has 0 saturated heterocycles. The highest BCUT2D eigenvalue weighted by Crippen LogP contribution is 2.01. The van der Waals surface area contributed by atoms with Crippen LogP contribution < -0.4 is 0 Å². The maximum atomic E-state index is 9.52. The van der Waals surface area contributed by atoms with Crippen LogP contribution in [0.25, 0.3) is 0 Å². The summed E-state index contributed by atoms with van der Waals surface area (Å²) in [5, 5.41) is 13.4. The van der Waals surface area contributed by atoms with E-state index in [-0.39, 0.29) is 0 Å². The molecule has 5 nitrogen and oxygen atoms in total. The lowest BCUT2D eigenvalue weighted by Gasteiger charge is -2.08. The first-order valence-corrected chi connectivity index (χ1v) is 4.24. The molecule has 0 amide bonds. The number of hydrogen-bond acceptors (Lipinski definition) is 4. The third-order valence-electron chi connectivity index (χ3n) is 1.88. The number of aliphatic hydroxyl groups excluding tert-OH is 1. The van der Waals surface area contributed by atoms with E-state index in [0.717, 1.165) is 5.82 Å². The van der Waals surface area contributed by atoms with Crippen LogP contribution in [-0.2, 0) is 18.2 Å². The summed E-state index contributed by atoms with van der Waals surface area (Å²) >= 11 is 0. The Kier molecular flexibility index (Phi) is 3.85. The number of rotatable bonds is 5. The van der Waals surface area contributed by atoms with Crippen LogP contribution in [0.5, 0.6) is 0 Å². The van der Waals surface area contributed by atoms with Gasteiger partial charge in [-0.1, -0.05) is 0 Å². The predicted octanol–water partition coefficient (Wildman–Crippen LogP) is -0.245. The number of methoxy groups -OCH3 is 1. The Morgan fingerprint density at radius 2 is 2.46 bits per heavy atom. The van der Waals surface area contributed by atoms with E-state index < -0.39 is 6.10 Å². The van der Waals surface area contributed by atoms with Crippen molar-refractivity contribution in [3.8, 4) is 0 Å². The van der Waals surface area contributed by atoms with Crippen molar-refractivity contribution in [3.05, 3.63) is 12.2 Å². The van der Waals surface area contributed by atoms with Crippen LogP contribution >= 0.6 is 0 Å². The summed E-state index contributed by atoms with van der Waals surface area (Å²) in [7, 11) is 3.43. The smallest absolute Gasteiger partial charge is 0.138 e. The van der Waals surface area contributed by atoms with Gasteiger partial charge in [0.25, 0.3) is 0 Å². The molecule has 0 aliphatic rings. The van der Waals surface area contributed by atoms with Crippen LogP contribution in [-0.4, -0.2) is 39.7 Å². The lowest BCUT2D eigenvalue weighted by Crippen LogP contribution is -2.16. The molecule has 0 aliphatic heterocycles. The number of aliphatic hydroxyl groups is 1. The maximum absolute atomic E-state index is 9.52. The van der Waals surface area contributed by atoms with E-state index in [9.17, 15) is 5.11 Å². The lowest BCUT2D eigenvalue weighted by atomic mass is 10.2. The molecule has 0 radical (unpaired) electrons. The van der Waals surface area contributed by atoms with Crippen molar-refractivity contribution in [1.29, 1.82) is 0 Å². The average Bonchev–Trinajstić information content (AvgIpc) is 2.48. The van der Waals surface area contributed by atoms with Gasteiger partial charge in [-0.3, -0.25) is 4.68 Å². The fourth-order valence-corrected chi connectivity index (χ4v) is 1.07. The first-order chi connectivity index (χ1) is 6.24. The zero-order chi connectivity index (χ0) is 9.68. The first kappa shape index (κ1) is 10.1. The summed E-state index contributed by atoms with van der Waals surface area (Å²) in [6, 6.07) is 0. The molecule has 1 rings (SSSR count). The summed E-state index contributed by atoms with van der Waals surface area (Å²) in [5.41, 5.74) is 0. The molecular formula is C8H15N3O2.